The Morgan fingerprint density at radius 1 is 1.29 bits per heavy atom. The van der Waals surface area contributed by atoms with Gasteiger partial charge in [0, 0.05) is 28.8 Å². The summed E-state index contributed by atoms with van der Waals surface area (Å²) in [6.07, 6.45) is 7.73. The Labute approximate surface area is 165 Å². The van der Waals surface area contributed by atoms with Crippen LogP contribution in [0.3, 0.4) is 0 Å². The summed E-state index contributed by atoms with van der Waals surface area (Å²) in [7, 11) is 0. The van der Waals surface area contributed by atoms with E-state index in [9.17, 15) is 0 Å². The number of rotatable bonds is 6. The largest absolute Gasteiger partial charge is 0.469 e. The molecule has 1 aliphatic rings. The van der Waals surface area contributed by atoms with Crippen molar-refractivity contribution in [1.82, 2.24) is 10.6 Å². The molecule has 132 valence electrons. The first-order valence-electron chi connectivity index (χ1n) is 8.42. The fourth-order valence-electron chi connectivity index (χ4n) is 2.90. The third-order valence-electron chi connectivity index (χ3n) is 4.13. The molecule has 0 aromatic carbocycles. The summed E-state index contributed by atoms with van der Waals surface area (Å²) >= 11 is 1.82. The van der Waals surface area contributed by atoms with Crippen LogP contribution in [0.1, 0.15) is 41.2 Å². The third kappa shape index (κ3) is 6.12. The highest BCUT2D eigenvalue weighted by molar-refractivity contribution is 14.0. The van der Waals surface area contributed by atoms with Crippen molar-refractivity contribution in [2.45, 2.75) is 51.6 Å². The molecule has 2 N–H and O–H groups in total. The summed E-state index contributed by atoms with van der Waals surface area (Å²) in [5.41, 5.74) is 0. The Morgan fingerprint density at radius 2 is 2.12 bits per heavy atom. The zero-order chi connectivity index (χ0) is 15.9. The Hall–Kier alpha value is -1.02. The van der Waals surface area contributed by atoms with Crippen molar-refractivity contribution >= 4 is 41.3 Å². The maximum absolute atomic E-state index is 5.38. The van der Waals surface area contributed by atoms with Gasteiger partial charge in [0.15, 0.2) is 5.96 Å². The molecular weight excluding hydrogens is 433 g/mol. The van der Waals surface area contributed by atoms with E-state index >= 15 is 0 Å². The first-order chi connectivity index (χ1) is 11.3. The number of nitrogens with one attached hydrogen (secondary N) is 2. The molecule has 0 spiro atoms. The average molecular weight is 459 g/mol. The van der Waals surface area contributed by atoms with Gasteiger partial charge < -0.3 is 15.1 Å². The molecule has 1 fully saturated rings. The Balaban J connectivity index is 0.00000208. The van der Waals surface area contributed by atoms with Crippen molar-refractivity contribution in [2.24, 2.45) is 4.99 Å². The number of hydrogen-bond acceptors (Lipinski definition) is 3. The highest BCUT2D eigenvalue weighted by atomic mass is 127. The van der Waals surface area contributed by atoms with Crippen molar-refractivity contribution in [3.8, 4) is 0 Å². The lowest BCUT2D eigenvalue weighted by molar-refractivity contribution is 0.506. The molecule has 2 aromatic heterocycles. The standard InChI is InChI=1S/C18H25N3OS.HI/c1-14-8-9-17(23-14)13-20-18(21-15-5-2-3-6-15)19-11-10-16-7-4-12-22-16;/h4,7-9,12,15H,2-3,5-6,10-11,13H2,1H3,(H2,19,20,21);1H. The quantitative estimate of drug-likeness (QED) is 0.380. The van der Waals surface area contributed by atoms with E-state index < -0.39 is 0 Å². The molecule has 0 radical (unpaired) electrons. The van der Waals surface area contributed by atoms with Gasteiger partial charge in [-0.25, -0.2) is 4.99 Å². The predicted molar refractivity (Wildman–Crippen MR) is 111 cm³/mol. The van der Waals surface area contributed by atoms with E-state index in [1.165, 1.54) is 35.4 Å². The minimum Gasteiger partial charge on any atom is -0.469 e. The molecule has 24 heavy (non-hydrogen) atoms. The van der Waals surface area contributed by atoms with Gasteiger partial charge in [-0.1, -0.05) is 12.8 Å². The lowest BCUT2D eigenvalue weighted by Crippen LogP contribution is -2.43. The normalized spacial score (nSPS) is 15.3. The van der Waals surface area contributed by atoms with Crippen molar-refractivity contribution in [1.29, 1.82) is 0 Å². The Morgan fingerprint density at radius 3 is 2.79 bits per heavy atom. The van der Waals surface area contributed by atoms with Crippen molar-refractivity contribution in [3.05, 3.63) is 46.0 Å². The van der Waals surface area contributed by atoms with Crippen LogP contribution in [-0.2, 0) is 13.0 Å². The van der Waals surface area contributed by atoms with Crippen molar-refractivity contribution < 1.29 is 4.42 Å². The highest BCUT2D eigenvalue weighted by Crippen LogP contribution is 2.18. The maximum atomic E-state index is 5.38. The number of furan rings is 1. The zero-order valence-corrected chi connectivity index (χ0v) is 17.2. The second-order valence-electron chi connectivity index (χ2n) is 6.06. The van der Waals surface area contributed by atoms with Crippen molar-refractivity contribution in [2.75, 3.05) is 6.54 Å². The molecule has 0 bridgehead atoms. The van der Waals surface area contributed by atoms with Gasteiger partial charge >= 0.3 is 0 Å². The van der Waals surface area contributed by atoms with Crippen LogP contribution in [0.15, 0.2) is 39.9 Å². The van der Waals surface area contributed by atoms with Crippen LogP contribution < -0.4 is 10.6 Å². The fourth-order valence-corrected chi connectivity index (χ4v) is 3.72. The minimum atomic E-state index is 0. The molecule has 1 aliphatic carbocycles. The van der Waals surface area contributed by atoms with Gasteiger partial charge in [0.2, 0.25) is 0 Å². The molecule has 3 rings (SSSR count). The molecule has 2 aromatic rings. The predicted octanol–water partition coefficient (Wildman–Crippen LogP) is 4.49. The molecule has 0 saturated heterocycles. The van der Waals surface area contributed by atoms with Gasteiger partial charge in [-0.05, 0) is 44.0 Å². The minimum absolute atomic E-state index is 0. The van der Waals surface area contributed by atoms with Gasteiger partial charge in [0.25, 0.3) is 0 Å². The first kappa shape index (κ1) is 19.3. The van der Waals surface area contributed by atoms with E-state index in [0.717, 1.165) is 31.2 Å². The monoisotopic (exact) mass is 459 g/mol. The molecule has 0 aliphatic heterocycles. The van der Waals surface area contributed by atoms with Crippen LogP contribution in [-0.4, -0.2) is 18.5 Å². The summed E-state index contributed by atoms with van der Waals surface area (Å²) in [5, 5.41) is 7.03. The molecule has 4 nitrogen and oxygen atoms in total. The topological polar surface area (TPSA) is 49.6 Å². The first-order valence-corrected chi connectivity index (χ1v) is 9.24. The summed E-state index contributed by atoms with van der Waals surface area (Å²) in [6, 6.07) is 8.83. The Bertz CT molecular complexity index is 618. The molecule has 0 unspecified atom stereocenters. The number of halogens is 1. The Kier molecular flexibility index (Phi) is 8.11. The highest BCUT2D eigenvalue weighted by Gasteiger charge is 2.16. The lowest BCUT2D eigenvalue weighted by atomic mass is 10.2. The van der Waals surface area contributed by atoms with Gasteiger partial charge in [0.05, 0.1) is 12.8 Å². The second-order valence-corrected chi connectivity index (χ2v) is 7.43. The number of aryl methyl sites for hydroxylation is 1. The van der Waals surface area contributed by atoms with E-state index in [1.807, 2.05) is 23.5 Å². The number of guanidine groups is 1. The number of hydrogen-bond donors (Lipinski definition) is 2. The third-order valence-corrected chi connectivity index (χ3v) is 5.11. The molecular formula is C18H26IN3OS. The average Bonchev–Trinajstić information content (AvgIpc) is 3.27. The smallest absolute Gasteiger partial charge is 0.191 e. The van der Waals surface area contributed by atoms with Crippen LogP contribution in [0, 0.1) is 6.92 Å². The van der Waals surface area contributed by atoms with Crippen LogP contribution in [0.5, 0.6) is 0 Å². The summed E-state index contributed by atoms with van der Waals surface area (Å²) in [4.78, 5) is 7.41. The van der Waals surface area contributed by atoms with Crippen molar-refractivity contribution in [3.63, 3.8) is 0 Å². The fraction of sp³-hybridized carbons (Fsp3) is 0.500. The van der Waals surface area contributed by atoms with E-state index in [-0.39, 0.29) is 24.0 Å². The SMILES string of the molecule is Cc1ccc(CN=C(NCCc2ccco2)NC2CCCC2)s1.I. The van der Waals surface area contributed by atoms with Gasteiger partial charge in [-0.3, -0.25) is 0 Å². The number of thiophene rings is 1. The van der Waals surface area contributed by atoms with Gasteiger partial charge in [0.1, 0.15) is 5.76 Å². The van der Waals surface area contributed by atoms with Crippen LogP contribution in [0.4, 0.5) is 0 Å². The summed E-state index contributed by atoms with van der Waals surface area (Å²) in [5.74, 6) is 1.93. The molecule has 1 saturated carbocycles. The molecule has 0 atom stereocenters. The zero-order valence-electron chi connectivity index (χ0n) is 14.1. The summed E-state index contributed by atoms with van der Waals surface area (Å²) < 4.78 is 5.38. The van der Waals surface area contributed by atoms with Crippen LogP contribution >= 0.6 is 35.3 Å². The van der Waals surface area contributed by atoms with E-state index in [1.54, 1.807) is 6.26 Å². The molecule has 2 heterocycles. The van der Waals surface area contributed by atoms with Crippen LogP contribution in [0.25, 0.3) is 0 Å². The van der Waals surface area contributed by atoms with E-state index in [0.29, 0.717) is 6.04 Å². The van der Waals surface area contributed by atoms with Gasteiger partial charge in [-0.2, -0.15) is 0 Å². The van der Waals surface area contributed by atoms with Crippen LogP contribution in [0.2, 0.25) is 0 Å². The molecule has 6 heteroatoms. The van der Waals surface area contributed by atoms with E-state index in [2.05, 4.69) is 29.7 Å². The number of nitrogens with zero attached hydrogens (tertiary/aromatic N) is 1. The maximum Gasteiger partial charge on any atom is 0.191 e. The number of aliphatic imine (C=N–C) groups is 1. The lowest BCUT2D eigenvalue weighted by Gasteiger charge is -2.17. The summed E-state index contributed by atoms with van der Waals surface area (Å²) in [6.45, 7) is 3.70. The second kappa shape index (κ2) is 10.1. The van der Waals surface area contributed by atoms with E-state index in [4.69, 9.17) is 9.41 Å². The molecule has 0 amide bonds. The van der Waals surface area contributed by atoms with Gasteiger partial charge in [-0.15, -0.1) is 35.3 Å².